The molecular weight excluding hydrogens is 196 g/mol. The number of imide groups is 1. The van der Waals surface area contributed by atoms with Gasteiger partial charge in [0, 0.05) is 5.69 Å². The second-order valence-corrected chi connectivity index (χ2v) is 3.21. The van der Waals surface area contributed by atoms with Gasteiger partial charge in [0.15, 0.2) is 0 Å². The van der Waals surface area contributed by atoms with Crippen molar-refractivity contribution in [1.29, 1.82) is 0 Å². The van der Waals surface area contributed by atoms with Gasteiger partial charge in [-0.3, -0.25) is 9.59 Å². The Morgan fingerprint density at radius 2 is 1.87 bits per heavy atom. The molecule has 0 bridgehead atoms. The molecule has 0 unspecified atom stereocenters. The summed E-state index contributed by atoms with van der Waals surface area (Å²) >= 11 is 0. The van der Waals surface area contributed by atoms with E-state index in [0.717, 1.165) is 4.90 Å². The van der Waals surface area contributed by atoms with E-state index in [4.69, 9.17) is 10.5 Å². The normalized spacial score (nSPS) is 16.9. The van der Waals surface area contributed by atoms with Crippen LogP contribution in [0.15, 0.2) is 24.3 Å². The molecule has 1 saturated heterocycles. The summed E-state index contributed by atoms with van der Waals surface area (Å²) in [6, 6.07) is 6.64. The summed E-state index contributed by atoms with van der Waals surface area (Å²) in [5.41, 5.74) is 6.58. The van der Waals surface area contributed by atoms with Crippen LogP contribution in [0.3, 0.4) is 0 Å². The zero-order chi connectivity index (χ0) is 10.8. The Kier molecular flexibility index (Phi) is 2.39. The van der Waals surface area contributed by atoms with Gasteiger partial charge in [0.1, 0.15) is 13.2 Å². The van der Waals surface area contributed by atoms with E-state index in [1.807, 2.05) is 0 Å². The van der Waals surface area contributed by atoms with Gasteiger partial charge in [-0.25, -0.2) is 4.90 Å². The lowest BCUT2D eigenvalue weighted by Gasteiger charge is -2.24. The molecule has 2 N–H and O–H groups in total. The van der Waals surface area contributed by atoms with Gasteiger partial charge in [-0.15, -0.1) is 0 Å². The highest BCUT2D eigenvalue weighted by Crippen LogP contribution is 2.19. The van der Waals surface area contributed by atoms with E-state index >= 15 is 0 Å². The summed E-state index contributed by atoms with van der Waals surface area (Å²) in [6.07, 6.45) is 0. The fourth-order valence-corrected chi connectivity index (χ4v) is 1.45. The van der Waals surface area contributed by atoms with Crippen molar-refractivity contribution >= 4 is 23.2 Å². The van der Waals surface area contributed by atoms with Gasteiger partial charge in [-0.1, -0.05) is 6.07 Å². The number of carbonyl (C=O) groups is 2. The van der Waals surface area contributed by atoms with E-state index in [1.165, 1.54) is 0 Å². The zero-order valence-electron chi connectivity index (χ0n) is 7.97. The van der Waals surface area contributed by atoms with Crippen molar-refractivity contribution in [3.63, 3.8) is 0 Å². The molecule has 0 aliphatic carbocycles. The number of rotatable bonds is 1. The third-order valence-electron chi connectivity index (χ3n) is 2.08. The number of hydrogen-bond donors (Lipinski definition) is 1. The molecule has 2 rings (SSSR count). The van der Waals surface area contributed by atoms with E-state index < -0.39 is 0 Å². The predicted molar refractivity (Wildman–Crippen MR) is 54.2 cm³/mol. The third kappa shape index (κ3) is 1.82. The van der Waals surface area contributed by atoms with Crippen molar-refractivity contribution < 1.29 is 14.3 Å². The highest BCUT2D eigenvalue weighted by Gasteiger charge is 2.27. The molecule has 1 aliphatic heterocycles. The Labute approximate surface area is 86.4 Å². The van der Waals surface area contributed by atoms with Gasteiger partial charge >= 0.3 is 0 Å². The number of nitrogens with two attached hydrogens (primary N) is 1. The lowest BCUT2D eigenvalue weighted by molar-refractivity contribution is -0.138. The summed E-state index contributed by atoms with van der Waals surface area (Å²) in [7, 11) is 0. The Morgan fingerprint density at radius 3 is 2.47 bits per heavy atom. The van der Waals surface area contributed by atoms with E-state index in [1.54, 1.807) is 24.3 Å². The molecule has 1 heterocycles. The molecular formula is C10H10N2O3. The SMILES string of the molecule is Nc1cccc(N2C(=O)COCC2=O)c1. The molecule has 0 saturated carbocycles. The van der Waals surface area contributed by atoms with Gasteiger partial charge < -0.3 is 10.5 Å². The second-order valence-electron chi connectivity index (χ2n) is 3.21. The van der Waals surface area contributed by atoms with Gasteiger partial charge in [-0.05, 0) is 18.2 Å². The number of amides is 2. The minimum Gasteiger partial charge on any atom is -0.399 e. The number of ether oxygens (including phenoxy) is 1. The standard InChI is InChI=1S/C10H10N2O3/c11-7-2-1-3-8(4-7)12-9(13)5-15-6-10(12)14/h1-4H,5-6,11H2. The van der Waals surface area contributed by atoms with Crippen molar-refractivity contribution in [2.45, 2.75) is 0 Å². The van der Waals surface area contributed by atoms with Crippen LogP contribution in [-0.2, 0) is 14.3 Å². The second kappa shape index (κ2) is 3.70. The number of hydrogen-bond acceptors (Lipinski definition) is 4. The Bertz CT molecular complexity index is 401. The quantitative estimate of drug-likeness (QED) is 0.524. The molecule has 0 spiro atoms. The molecule has 0 radical (unpaired) electrons. The molecule has 1 fully saturated rings. The van der Waals surface area contributed by atoms with Crippen LogP contribution in [0.2, 0.25) is 0 Å². The van der Waals surface area contributed by atoms with Gasteiger partial charge in [0.2, 0.25) is 0 Å². The van der Waals surface area contributed by atoms with Gasteiger partial charge in [0.25, 0.3) is 11.8 Å². The smallest absolute Gasteiger partial charge is 0.259 e. The average Bonchev–Trinajstić information content (AvgIpc) is 2.17. The summed E-state index contributed by atoms with van der Waals surface area (Å²) in [5, 5.41) is 0. The van der Waals surface area contributed by atoms with Crippen molar-refractivity contribution in [2.24, 2.45) is 0 Å². The molecule has 1 aromatic carbocycles. The summed E-state index contributed by atoms with van der Waals surface area (Å²) in [5.74, 6) is -0.728. The zero-order valence-corrected chi connectivity index (χ0v) is 7.97. The highest BCUT2D eigenvalue weighted by molar-refractivity contribution is 6.17. The summed E-state index contributed by atoms with van der Waals surface area (Å²) in [6.45, 7) is -0.138. The molecule has 5 heteroatoms. The van der Waals surface area contributed by atoms with Crippen molar-refractivity contribution in [2.75, 3.05) is 23.8 Å². The van der Waals surface area contributed by atoms with Crippen LogP contribution in [0.5, 0.6) is 0 Å². The van der Waals surface area contributed by atoms with Crippen LogP contribution < -0.4 is 10.6 Å². The minimum absolute atomic E-state index is 0.0689. The number of nitrogens with zero attached hydrogens (tertiary/aromatic N) is 1. The fourth-order valence-electron chi connectivity index (χ4n) is 1.45. The first kappa shape index (κ1) is 9.67. The van der Waals surface area contributed by atoms with E-state index in [9.17, 15) is 9.59 Å². The van der Waals surface area contributed by atoms with E-state index in [2.05, 4.69) is 0 Å². The lowest BCUT2D eigenvalue weighted by Crippen LogP contribution is -2.46. The van der Waals surface area contributed by atoms with Crippen LogP contribution in [0.1, 0.15) is 0 Å². The molecule has 1 aliphatic rings. The Hall–Kier alpha value is -1.88. The molecule has 0 aromatic heterocycles. The van der Waals surface area contributed by atoms with E-state index in [-0.39, 0.29) is 25.0 Å². The van der Waals surface area contributed by atoms with Crippen LogP contribution in [0.4, 0.5) is 11.4 Å². The highest BCUT2D eigenvalue weighted by atomic mass is 16.5. The van der Waals surface area contributed by atoms with Crippen molar-refractivity contribution in [3.8, 4) is 0 Å². The summed E-state index contributed by atoms with van der Waals surface area (Å²) in [4.78, 5) is 24.0. The first-order valence-corrected chi connectivity index (χ1v) is 4.47. The minimum atomic E-state index is -0.364. The number of anilines is 2. The topological polar surface area (TPSA) is 72.6 Å². The molecule has 78 valence electrons. The molecule has 15 heavy (non-hydrogen) atoms. The lowest BCUT2D eigenvalue weighted by atomic mass is 10.2. The first-order valence-electron chi connectivity index (χ1n) is 4.47. The molecule has 5 nitrogen and oxygen atoms in total. The van der Waals surface area contributed by atoms with E-state index in [0.29, 0.717) is 11.4 Å². The third-order valence-corrected chi connectivity index (χ3v) is 2.08. The van der Waals surface area contributed by atoms with Crippen LogP contribution in [0.25, 0.3) is 0 Å². The number of nitrogen functional groups attached to an aromatic ring is 1. The fraction of sp³-hybridized carbons (Fsp3) is 0.200. The summed E-state index contributed by atoms with van der Waals surface area (Å²) < 4.78 is 4.80. The predicted octanol–water partition coefficient (Wildman–Crippen LogP) is 0.159. The molecule has 2 amide bonds. The maximum absolute atomic E-state index is 11.5. The number of benzene rings is 1. The number of morpholine rings is 1. The Balaban J connectivity index is 2.35. The first-order chi connectivity index (χ1) is 7.18. The maximum atomic E-state index is 11.5. The van der Waals surface area contributed by atoms with Crippen molar-refractivity contribution in [3.05, 3.63) is 24.3 Å². The number of carbonyl (C=O) groups excluding carboxylic acids is 2. The monoisotopic (exact) mass is 206 g/mol. The van der Waals surface area contributed by atoms with Crippen molar-refractivity contribution in [1.82, 2.24) is 0 Å². The van der Waals surface area contributed by atoms with Crippen LogP contribution in [-0.4, -0.2) is 25.0 Å². The van der Waals surface area contributed by atoms with Crippen LogP contribution in [0, 0.1) is 0 Å². The Morgan fingerprint density at radius 1 is 1.20 bits per heavy atom. The largest absolute Gasteiger partial charge is 0.399 e. The maximum Gasteiger partial charge on any atom is 0.259 e. The van der Waals surface area contributed by atoms with Crippen LogP contribution >= 0.6 is 0 Å². The van der Waals surface area contributed by atoms with Gasteiger partial charge in [0.05, 0.1) is 5.69 Å². The molecule has 1 aromatic rings. The van der Waals surface area contributed by atoms with Gasteiger partial charge in [-0.2, -0.15) is 0 Å². The molecule has 0 atom stereocenters. The average molecular weight is 206 g/mol.